The summed E-state index contributed by atoms with van der Waals surface area (Å²) >= 11 is 7.44. The maximum absolute atomic E-state index is 5.72. The van der Waals surface area contributed by atoms with Gasteiger partial charge in [0.1, 0.15) is 0 Å². The maximum atomic E-state index is 5.72. The molecule has 0 amide bonds. The van der Waals surface area contributed by atoms with Crippen LogP contribution in [0.2, 0.25) is 5.02 Å². The molecule has 1 aromatic heterocycles. The molecule has 0 spiro atoms. The van der Waals surface area contributed by atoms with Crippen LogP contribution in [0.5, 0.6) is 0 Å². The van der Waals surface area contributed by atoms with Crippen LogP contribution in [0, 0.1) is 0 Å². The molecule has 0 aliphatic carbocycles. The van der Waals surface area contributed by atoms with Crippen molar-refractivity contribution in [2.45, 2.75) is 23.6 Å². The van der Waals surface area contributed by atoms with Crippen LogP contribution in [0.4, 0.5) is 0 Å². The molecule has 0 aliphatic rings. The smallest absolute Gasteiger partial charge is 0.0963 e. The first kappa shape index (κ1) is 10.8. The predicted molar refractivity (Wildman–Crippen MR) is 58.2 cm³/mol. The van der Waals surface area contributed by atoms with Crippen molar-refractivity contribution in [1.29, 1.82) is 0 Å². The van der Waals surface area contributed by atoms with E-state index in [2.05, 4.69) is 11.9 Å². The molecular formula is C9H13ClN2S. The molecule has 1 atom stereocenters. The number of hydrogen-bond donors (Lipinski definition) is 1. The molecule has 4 heteroatoms. The van der Waals surface area contributed by atoms with Crippen molar-refractivity contribution in [1.82, 2.24) is 4.98 Å². The largest absolute Gasteiger partial charge is 0.330 e. The van der Waals surface area contributed by atoms with E-state index >= 15 is 0 Å². The number of nitrogens with zero attached hydrogens (tertiary/aromatic N) is 1. The molecule has 0 saturated heterocycles. The van der Waals surface area contributed by atoms with Crippen molar-refractivity contribution in [2.75, 3.05) is 6.54 Å². The van der Waals surface area contributed by atoms with Gasteiger partial charge in [-0.3, -0.25) is 0 Å². The highest BCUT2D eigenvalue weighted by Crippen LogP contribution is 2.23. The molecule has 1 heterocycles. The third-order valence-electron chi connectivity index (χ3n) is 1.60. The molecule has 2 nitrogen and oxygen atoms in total. The third-order valence-corrected chi connectivity index (χ3v) is 2.94. The van der Waals surface area contributed by atoms with Crippen LogP contribution in [0.1, 0.15) is 13.3 Å². The van der Waals surface area contributed by atoms with Crippen LogP contribution < -0.4 is 5.73 Å². The minimum atomic E-state index is 0.513. The first-order valence-corrected chi connectivity index (χ1v) is 5.46. The van der Waals surface area contributed by atoms with E-state index in [0.29, 0.717) is 10.3 Å². The Kier molecular flexibility index (Phi) is 4.56. The van der Waals surface area contributed by atoms with Crippen LogP contribution in [0.3, 0.4) is 0 Å². The highest BCUT2D eigenvalue weighted by molar-refractivity contribution is 7.99. The minimum Gasteiger partial charge on any atom is -0.330 e. The fourth-order valence-corrected chi connectivity index (χ4v) is 1.97. The standard InChI is InChI=1S/C9H13ClN2S/c1-7(4-5-11)13-9-3-2-8(10)6-12-9/h2-3,6-7H,4-5,11H2,1H3. The number of thioether (sulfide) groups is 1. The lowest BCUT2D eigenvalue weighted by Gasteiger charge is -2.07. The van der Waals surface area contributed by atoms with Gasteiger partial charge < -0.3 is 5.73 Å². The number of hydrogen-bond acceptors (Lipinski definition) is 3. The first-order chi connectivity index (χ1) is 6.22. The summed E-state index contributed by atoms with van der Waals surface area (Å²) in [6, 6.07) is 3.78. The van der Waals surface area contributed by atoms with Gasteiger partial charge in [-0.2, -0.15) is 0 Å². The van der Waals surface area contributed by atoms with E-state index in [1.165, 1.54) is 0 Å². The number of aromatic nitrogens is 1. The Bertz CT molecular complexity index is 250. The van der Waals surface area contributed by atoms with Gasteiger partial charge in [0.15, 0.2) is 0 Å². The van der Waals surface area contributed by atoms with Crippen LogP contribution >= 0.6 is 23.4 Å². The van der Waals surface area contributed by atoms with Crippen molar-refractivity contribution >= 4 is 23.4 Å². The molecular weight excluding hydrogens is 204 g/mol. The van der Waals surface area contributed by atoms with Gasteiger partial charge in [-0.25, -0.2) is 4.98 Å². The van der Waals surface area contributed by atoms with Crippen LogP contribution in [-0.4, -0.2) is 16.8 Å². The van der Waals surface area contributed by atoms with Gasteiger partial charge >= 0.3 is 0 Å². The molecule has 72 valence electrons. The minimum absolute atomic E-state index is 0.513. The van der Waals surface area contributed by atoms with Gasteiger partial charge in [0.25, 0.3) is 0 Å². The molecule has 0 radical (unpaired) electrons. The van der Waals surface area contributed by atoms with Gasteiger partial charge in [-0.15, -0.1) is 11.8 Å². The molecule has 1 rings (SSSR count). The Morgan fingerprint density at radius 2 is 2.38 bits per heavy atom. The molecule has 0 aliphatic heterocycles. The normalized spacial score (nSPS) is 12.8. The first-order valence-electron chi connectivity index (χ1n) is 4.20. The summed E-state index contributed by atoms with van der Waals surface area (Å²) in [5.41, 5.74) is 5.45. The zero-order valence-corrected chi connectivity index (χ0v) is 9.11. The summed E-state index contributed by atoms with van der Waals surface area (Å²) in [4.78, 5) is 4.19. The quantitative estimate of drug-likeness (QED) is 0.787. The van der Waals surface area contributed by atoms with E-state index in [0.717, 1.165) is 18.0 Å². The summed E-state index contributed by atoms with van der Waals surface area (Å²) in [5.74, 6) is 0. The van der Waals surface area contributed by atoms with E-state index in [9.17, 15) is 0 Å². The Balaban J connectivity index is 2.49. The molecule has 1 aromatic rings. The lowest BCUT2D eigenvalue weighted by atomic mass is 10.3. The summed E-state index contributed by atoms with van der Waals surface area (Å²) in [6.07, 6.45) is 2.67. The molecule has 0 fully saturated rings. The maximum Gasteiger partial charge on any atom is 0.0963 e. The fraction of sp³-hybridized carbons (Fsp3) is 0.444. The average Bonchev–Trinajstić information content (AvgIpc) is 2.09. The van der Waals surface area contributed by atoms with E-state index in [4.69, 9.17) is 17.3 Å². The monoisotopic (exact) mass is 216 g/mol. The topological polar surface area (TPSA) is 38.9 Å². The van der Waals surface area contributed by atoms with Crippen molar-refractivity contribution in [3.05, 3.63) is 23.4 Å². The number of pyridine rings is 1. The van der Waals surface area contributed by atoms with Gasteiger partial charge in [0.2, 0.25) is 0 Å². The zero-order chi connectivity index (χ0) is 9.68. The van der Waals surface area contributed by atoms with Gasteiger partial charge in [0.05, 0.1) is 10.0 Å². The second-order valence-corrected chi connectivity index (χ2v) is 4.72. The predicted octanol–water partition coefficient (Wildman–Crippen LogP) is 2.56. The Morgan fingerprint density at radius 1 is 1.62 bits per heavy atom. The molecule has 13 heavy (non-hydrogen) atoms. The van der Waals surface area contributed by atoms with Crippen molar-refractivity contribution in [3.63, 3.8) is 0 Å². The molecule has 0 aromatic carbocycles. The van der Waals surface area contributed by atoms with Gasteiger partial charge in [-0.1, -0.05) is 18.5 Å². The van der Waals surface area contributed by atoms with E-state index in [1.54, 1.807) is 18.0 Å². The second-order valence-electron chi connectivity index (χ2n) is 2.82. The highest BCUT2D eigenvalue weighted by Gasteiger charge is 2.03. The fourth-order valence-electron chi connectivity index (χ4n) is 0.932. The van der Waals surface area contributed by atoms with Gasteiger partial charge in [0, 0.05) is 11.4 Å². The molecule has 2 N–H and O–H groups in total. The lowest BCUT2D eigenvalue weighted by Crippen LogP contribution is -2.06. The Labute approximate surface area is 87.9 Å². The molecule has 0 saturated carbocycles. The molecule has 1 unspecified atom stereocenters. The Morgan fingerprint density at radius 3 is 2.92 bits per heavy atom. The lowest BCUT2D eigenvalue weighted by molar-refractivity contribution is 0.821. The zero-order valence-electron chi connectivity index (χ0n) is 7.53. The Hall–Kier alpha value is -0.250. The summed E-state index contributed by atoms with van der Waals surface area (Å²) in [7, 11) is 0. The van der Waals surface area contributed by atoms with Crippen molar-refractivity contribution in [3.8, 4) is 0 Å². The number of rotatable bonds is 4. The summed E-state index contributed by atoms with van der Waals surface area (Å²) < 4.78 is 0. The number of halogens is 1. The van der Waals surface area contributed by atoms with Gasteiger partial charge in [-0.05, 0) is 25.1 Å². The second kappa shape index (κ2) is 5.47. The molecule has 0 bridgehead atoms. The van der Waals surface area contributed by atoms with Crippen LogP contribution in [0.15, 0.2) is 23.4 Å². The van der Waals surface area contributed by atoms with E-state index in [1.807, 2.05) is 12.1 Å². The highest BCUT2D eigenvalue weighted by atomic mass is 35.5. The van der Waals surface area contributed by atoms with E-state index in [-0.39, 0.29) is 0 Å². The summed E-state index contributed by atoms with van der Waals surface area (Å²) in [5, 5.41) is 2.19. The average molecular weight is 217 g/mol. The van der Waals surface area contributed by atoms with Crippen LogP contribution in [-0.2, 0) is 0 Å². The van der Waals surface area contributed by atoms with Crippen molar-refractivity contribution in [2.24, 2.45) is 5.73 Å². The number of nitrogens with two attached hydrogens (primary N) is 1. The third kappa shape index (κ3) is 3.98. The van der Waals surface area contributed by atoms with Crippen molar-refractivity contribution < 1.29 is 0 Å². The van der Waals surface area contributed by atoms with Crippen LogP contribution in [0.25, 0.3) is 0 Å². The summed E-state index contributed by atoms with van der Waals surface area (Å²) in [6.45, 7) is 2.87. The SMILES string of the molecule is CC(CCN)Sc1ccc(Cl)cn1. The van der Waals surface area contributed by atoms with E-state index < -0.39 is 0 Å².